The Hall–Kier alpha value is -3.72. The fourth-order valence-electron chi connectivity index (χ4n) is 4.01. The van der Waals surface area contributed by atoms with Gasteiger partial charge in [-0.25, -0.2) is 0 Å². The van der Waals surface area contributed by atoms with Crippen LogP contribution in [0.3, 0.4) is 0 Å². The van der Waals surface area contributed by atoms with Crippen LogP contribution < -0.4 is 20.9 Å². The van der Waals surface area contributed by atoms with Gasteiger partial charge >= 0.3 is 0 Å². The van der Waals surface area contributed by atoms with Gasteiger partial charge in [0.25, 0.3) is 5.91 Å². The highest BCUT2D eigenvalue weighted by atomic mass is 16.2. The molecule has 0 aromatic heterocycles. The molecule has 34 heavy (non-hydrogen) atoms. The number of fused-ring (bicyclic) bond motifs is 1. The molecular formula is C25H29N5O4. The Balaban J connectivity index is 1.35. The summed E-state index contributed by atoms with van der Waals surface area (Å²) >= 11 is 0. The maximum absolute atomic E-state index is 13.2. The van der Waals surface area contributed by atoms with Gasteiger partial charge in [0, 0.05) is 29.8 Å². The van der Waals surface area contributed by atoms with Crippen molar-refractivity contribution in [2.75, 3.05) is 35.7 Å². The van der Waals surface area contributed by atoms with Crippen LogP contribution in [-0.2, 0) is 14.4 Å². The Bertz CT molecular complexity index is 1110. The lowest BCUT2D eigenvalue weighted by molar-refractivity contribution is -0.121. The average molecular weight is 464 g/mol. The van der Waals surface area contributed by atoms with Crippen molar-refractivity contribution in [2.24, 2.45) is 0 Å². The van der Waals surface area contributed by atoms with Crippen LogP contribution in [0.4, 0.5) is 17.1 Å². The molecule has 1 unspecified atom stereocenters. The Morgan fingerprint density at radius 2 is 1.85 bits per heavy atom. The molecular weight excluding hydrogens is 434 g/mol. The number of carbonyl (C=O) groups is 4. The molecule has 1 saturated carbocycles. The van der Waals surface area contributed by atoms with Crippen molar-refractivity contribution >= 4 is 40.7 Å². The lowest BCUT2D eigenvalue weighted by atomic mass is 10.1. The van der Waals surface area contributed by atoms with E-state index in [1.807, 2.05) is 13.0 Å². The molecule has 0 bridgehead atoms. The van der Waals surface area contributed by atoms with E-state index in [0.29, 0.717) is 22.6 Å². The third kappa shape index (κ3) is 5.79. The van der Waals surface area contributed by atoms with Crippen LogP contribution >= 0.6 is 0 Å². The number of rotatable bonds is 7. The molecule has 2 aromatic carbocycles. The molecule has 2 aromatic rings. The van der Waals surface area contributed by atoms with Gasteiger partial charge in [-0.2, -0.15) is 0 Å². The highest BCUT2D eigenvalue weighted by Gasteiger charge is 2.30. The van der Waals surface area contributed by atoms with E-state index in [9.17, 15) is 19.2 Å². The number of carbonyl (C=O) groups excluding carboxylic acids is 4. The molecule has 178 valence electrons. The normalized spacial score (nSPS) is 17.4. The van der Waals surface area contributed by atoms with Gasteiger partial charge in [0.15, 0.2) is 0 Å². The van der Waals surface area contributed by atoms with Gasteiger partial charge < -0.3 is 20.9 Å². The van der Waals surface area contributed by atoms with E-state index >= 15 is 0 Å². The number of likely N-dealkylation sites (N-methyl/N-ethyl adjacent to an activating group) is 1. The van der Waals surface area contributed by atoms with Crippen molar-refractivity contribution in [3.63, 3.8) is 0 Å². The molecule has 4 rings (SSSR count). The SMILES string of the molecule is CC1CC(=O)Nc2ccccc2N1C(=O)CN(C)CC(=O)Nc1cccc(C(=O)NC2CC2)c1. The Morgan fingerprint density at radius 1 is 1.09 bits per heavy atom. The molecule has 9 nitrogen and oxygen atoms in total. The number of amides is 4. The monoisotopic (exact) mass is 463 g/mol. The van der Waals surface area contributed by atoms with Gasteiger partial charge in [-0.3, -0.25) is 24.1 Å². The molecule has 1 atom stereocenters. The topological polar surface area (TPSA) is 111 Å². The van der Waals surface area contributed by atoms with Crippen molar-refractivity contribution in [1.82, 2.24) is 10.2 Å². The van der Waals surface area contributed by atoms with E-state index in [-0.39, 0.29) is 55.2 Å². The third-order valence-electron chi connectivity index (χ3n) is 5.77. The van der Waals surface area contributed by atoms with Crippen molar-refractivity contribution < 1.29 is 19.2 Å². The van der Waals surface area contributed by atoms with Crippen molar-refractivity contribution in [1.29, 1.82) is 0 Å². The summed E-state index contributed by atoms with van der Waals surface area (Å²) in [6, 6.07) is 13.9. The van der Waals surface area contributed by atoms with E-state index in [4.69, 9.17) is 0 Å². The van der Waals surface area contributed by atoms with Crippen LogP contribution in [0.25, 0.3) is 0 Å². The zero-order chi connectivity index (χ0) is 24.2. The zero-order valence-corrected chi connectivity index (χ0v) is 19.3. The second kappa shape index (κ2) is 10.0. The first kappa shape index (κ1) is 23.4. The lowest BCUT2D eigenvalue weighted by Gasteiger charge is -2.29. The number of nitrogens with zero attached hydrogens (tertiary/aromatic N) is 2. The number of nitrogens with one attached hydrogen (secondary N) is 3. The Morgan fingerprint density at radius 3 is 2.62 bits per heavy atom. The molecule has 0 saturated heterocycles. The van der Waals surface area contributed by atoms with Crippen LogP contribution in [0.2, 0.25) is 0 Å². The first-order chi connectivity index (χ1) is 16.3. The van der Waals surface area contributed by atoms with E-state index in [1.165, 1.54) is 0 Å². The van der Waals surface area contributed by atoms with Gasteiger partial charge in [0.05, 0.1) is 24.5 Å². The minimum atomic E-state index is -0.317. The minimum Gasteiger partial charge on any atom is -0.349 e. The summed E-state index contributed by atoms with van der Waals surface area (Å²) in [6.07, 6.45) is 2.19. The number of hydrogen-bond donors (Lipinski definition) is 3. The summed E-state index contributed by atoms with van der Waals surface area (Å²) in [7, 11) is 1.69. The molecule has 0 radical (unpaired) electrons. The average Bonchev–Trinajstić information content (AvgIpc) is 3.59. The molecule has 0 spiro atoms. The Kier molecular flexibility index (Phi) is 6.93. The summed E-state index contributed by atoms with van der Waals surface area (Å²) in [6.45, 7) is 1.83. The minimum absolute atomic E-state index is 0.00409. The molecule has 4 amide bonds. The molecule has 2 aliphatic rings. The van der Waals surface area contributed by atoms with Crippen molar-refractivity contribution in [3.05, 3.63) is 54.1 Å². The fourth-order valence-corrected chi connectivity index (χ4v) is 4.01. The number of benzene rings is 2. The zero-order valence-electron chi connectivity index (χ0n) is 19.3. The van der Waals surface area contributed by atoms with Crippen LogP contribution in [0, 0.1) is 0 Å². The summed E-state index contributed by atoms with van der Waals surface area (Å²) in [5, 5.41) is 8.55. The summed E-state index contributed by atoms with van der Waals surface area (Å²) in [4.78, 5) is 53.4. The quantitative estimate of drug-likeness (QED) is 0.583. The molecule has 1 fully saturated rings. The predicted octanol–water partition coefficient (Wildman–Crippen LogP) is 2.21. The van der Waals surface area contributed by atoms with Crippen LogP contribution in [0.1, 0.15) is 36.5 Å². The standard InChI is InChI=1S/C25H29N5O4/c1-16-12-22(31)28-20-8-3-4-9-21(20)30(16)24(33)15-29(2)14-23(32)26-19-7-5-6-17(13-19)25(34)27-18-10-11-18/h3-9,13,16,18H,10-12,14-15H2,1-2H3,(H,26,32)(H,27,34)(H,28,31). The van der Waals surface area contributed by atoms with Crippen LogP contribution in [-0.4, -0.2) is 60.7 Å². The third-order valence-corrected chi connectivity index (χ3v) is 5.77. The maximum Gasteiger partial charge on any atom is 0.251 e. The second-order valence-electron chi connectivity index (χ2n) is 8.93. The fraction of sp³-hybridized carbons (Fsp3) is 0.360. The predicted molar refractivity (Wildman–Crippen MR) is 130 cm³/mol. The van der Waals surface area contributed by atoms with Crippen LogP contribution in [0.5, 0.6) is 0 Å². The van der Waals surface area contributed by atoms with Gasteiger partial charge in [-0.05, 0) is 57.1 Å². The van der Waals surface area contributed by atoms with Gasteiger partial charge in [0.2, 0.25) is 17.7 Å². The summed E-state index contributed by atoms with van der Waals surface area (Å²) in [5.74, 6) is -0.793. The maximum atomic E-state index is 13.2. The largest absolute Gasteiger partial charge is 0.349 e. The number of anilines is 3. The highest BCUT2D eigenvalue weighted by molar-refractivity contribution is 6.05. The smallest absolute Gasteiger partial charge is 0.251 e. The van der Waals surface area contributed by atoms with Crippen molar-refractivity contribution in [2.45, 2.75) is 38.3 Å². The van der Waals surface area contributed by atoms with E-state index in [2.05, 4.69) is 16.0 Å². The number of para-hydroxylation sites is 2. The highest BCUT2D eigenvalue weighted by Crippen LogP contribution is 2.31. The van der Waals surface area contributed by atoms with E-state index < -0.39 is 0 Å². The Labute approximate surface area is 198 Å². The van der Waals surface area contributed by atoms with Gasteiger partial charge in [-0.1, -0.05) is 18.2 Å². The first-order valence-electron chi connectivity index (χ1n) is 11.4. The molecule has 3 N–H and O–H groups in total. The van der Waals surface area contributed by atoms with Gasteiger partial charge in [0.1, 0.15) is 0 Å². The first-order valence-corrected chi connectivity index (χ1v) is 11.4. The lowest BCUT2D eigenvalue weighted by Crippen LogP contribution is -2.45. The van der Waals surface area contributed by atoms with E-state index in [0.717, 1.165) is 12.8 Å². The molecule has 1 aliphatic carbocycles. The molecule has 1 aliphatic heterocycles. The van der Waals surface area contributed by atoms with Crippen molar-refractivity contribution in [3.8, 4) is 0 Å². The summed E-state index contributed by atoms with van der Waals surface area (Å²) in [5.41, 5.74) is 2.25. The van der Waals surface area contributed by atoms with E-state index in [1.54, 1.807) is 59.3 Å². The van der Waals surface area contributed by atoms with Crippen LogP contribution in [0.15, 0.2) is 48.5 Å². The summed E-state index contributed by atoms with van der Waals surface area (Å²) < 4.78 is 0. The van der Waals surface area contributed by atoms with Gasteiger partial charge in [-0.15, -0.1) is 0 Å². The second-order valence-corrected chi connectivity index (χ2v) is 8.93. The molecule has 1 heterocycles. The number of hydrogen-bond acceptors (Lipinski definition) is 5. The molecule has 9 heteroatoms.